The zero-order chi connectivity index (χ0) is 20.8. The molecule has 1 aliphatic rings. The topological polar surface area (TPSA) is 66.8 Å². The Hall–Kier alpha value is -1.61. The minimum atomic E-state index is -2.51. The van der Waals surface area contributed by atoms with Gasteiger partial charge in [0.25, 0.3) is 5.79 Å². The lowest BCUT2D eigenvalue weighted by molar-refractivity contribution is -0.220. The molecule has 0 fully saturated rings. The fraction of sp³-hybridized carbons (Fsp3) is 0.667. The first-order valence-corrected chi connectivity index (χ1v) is 10.8. The van der Waals surface area contributed by atoms with Crippen molar-refractivity contribution in [3.05, 3.63) is 41.2 Å². The van der Waals surface area contributed by atoms with E-state index >= 15 is 0 Å². The maximum atomic E-state index is 11.6. The van der Waals surface area contributed by atoms with Crippen LogP contribution in [0.15, 0.2) is 41.2 Å². The lowest BCUT2D eigenvalue weighted by Crippen LogP contribution is -2.45. The van der Waals surface area contributed by atoms with Gasteiger partial charge in [0.15, 0.2) is 0 Å². The lowest BCUT2D eigenvalue weighted by Gasteiger charge is -2.25. The number of ether oxygens (including phenoxy) is 1. The van der Waals surface area contributed by atoms with Crippen LogP contribution in [0.1, 0.15) is 84.5 Å². The molecule has 0 aromatic heterocycles. The fourth-order valence-electron chi connectivity index (χ4n) is 3.56. The Labute approximate surface area is 170 Å². The summed E-state index contributed by atoms with van der Waals surface area (Å²) in [6.07, 6.45) is 19.8. The third-order valence-electron chi connectivity index (χ3n) is 5.29. The molecule has 0 aromatic rings. The van der Waals surface area contributed by atoms with Crippen molar-refractivity contribution < 1.29 is 19.7 Å². The van der Waals surface area contributed by atoms with Crippen molar-refractivity contribution in [1.82, 2.24) is 0 Å². The van der Waals surface area contributed by atoms with Crippen molar-refractivity contribution in [1.29, 1.82) is 0 Å². The Kier molecular flexibility index (Phi) is 11.8. The van der Waals surface area contributed by atoms with Gasteiger partial charge in [-0.25, -0.2) is 4.79 Å². The zero-order valence-corrected chi connectivity index (χ0v) is 17.9. The van der Waals surface area contributed by atoms with Gasteiger partial charge < -0.3 is 14.9 Å². The molecule has 0 saturated carbocycles. The average Bonchev–Trinajstić information content (AvgIpc) is 3.13. The van der Waals surface area contributed by atoms with Crippen molar-refractivity contribution in [2.24, 2.45) is 5.92 Å². The number of esters is 1. The smallest absolute Gasteiger partial charge is 0.366 e. The summed E-state index contributed by atoms with van der Waals surface area (Å²) in [4.78, 5) is 11.6. The van der Waals surface area contributed by atoms with E-state index in [-0.39, 0.29) is 0 Å². The van der Waals surface area contributed by atoms with E-state index < -0.39 is 17.7 Å². The van der Waals surface area contributed by atoms with Gasteiger partial charge in [0.05, 0.1) is 7.11 Å². The summed E-state index contributed by atoms with van der Waals surface area (Å²) in [6, 6.07) is 0. The van der Waals surface area contributed by atoms with E-state index in [9.17, 15) is 15.0 Å². The normalized spacial score (nSPS) is 15.6. The first kappa shape index (κ1) is 24.4. The van der Waals surface area contributed by atoms with Crippen LogP contribution < -0.4 is 0 Å². The van der Waals surface area contributed by atoms with Crippen molar-refractivity contribution >= 4 is 5.97 Å². The summed E-state index contributed by atoms with van der Waals surface area (Å²) in [5.41, 5.74) is 5.93. The van der Waals surface area contributed by atoms with Crippen molar-refractivity contribution in [2.45, 2.75) is 90.3 Å². The number of hydrogen-bond acceptors (Lipinski definition) is 4. The Morgan fingerprint density at radius 2 is 2.00 bits per heavy atom. The minimum absolute atomic E-state index is 0.470. The largest absolute Gasteiger partial charge is 0.465 e. The van der Waals surface area contributed by atoms with Crippen molar-refractivity contribution in [3.8, 4) is 0 Å². The summed E-state index contributed by atoms with van der Waals surface area (Å²) < 4.78 is 4.50. The maximum absolute atomic E-state index is 11.6. The van der Waals surface area contributed by atoms with Crippen LogP contribution in [-0.2, 0) is 9.53 Å². The fourth-order valence-corrected chi connectivity index (χ4v) is 3.56. The average molecular weight is 391 g/mol. The quantitative estimate of drug-likeness (QED) is 0.192. The molecule has 28 heavy (non-hydrogen) atoms. The number of allylic oxidation sites excluding steroid dienone is 4. The molecule has 158 valence electrons. The van der Waals surface area contributed by atoms with Crippen LogP contribution >= 0.6 is 0 Å². The first-order valence-electron chi connectivity index (χ1n) is 10.8. The molecular formula is C24H38O4. The Bertz CT molecular complexity index is 592. The Morgan fingerprint density at radius 1 is 1.21 bits per heavy atom. The molecule has 0 aromatic carbocycles. The second-order valence-corrected chi connectivity index (χ2v) is 7.59. The van der Waals surface area contributed by atoms with Gasteiger partial charge in [0.1, 0.15) is 0 Å². The van der Waals surface area contributed by atoms with E-state index in [2.05, 4.69) is 29.5 Å². The molecule has 1 aliphatic carbocycles. The Morgan fingerprint density at radius 3 is 2.68 bits per heavy atom. The SMILES string of the molecule is CCCCCC/C=C/C1=C(CC=C=CC(CCC)C(O)(O)C(=O)OC)CCC1. The van der Waals surface area contributed by atoms with E-state index in [1.165, 1.54) is 43.3 Å². The molecule has 0 amide bonds. The molecular weight excluding hydrogens is 352 g/mol. The van der Waals surface area contributed by atoms with Gasteiger partial charge in [-0.1, -0.05) is 57.3 Å². The third kappa shape index (κ3) is 8.18. The van der Waals surface area contributed by atoms with Crippen LogP contribution in [0.4, 0.5) is 0 Å². The monoisotopic (exact) mass is 390 g/mol. The number of aliphatic hydroxyl groups is 2. The van der Waals surface area contributed by atoms with Crippen LogP contribution in [0.25, 0.3) is 0 Å². The van der Waals surface area contributed by atoms with Gasteiger partial charge in [-0.2, -0.15) is 0 Å². The summed E-state index contributed by atoms with van der Waals surface area (Å²) in [5, 5.41) is 20.2. The molecule has 2 N–H and O–H groups in total. The van der Waals surface area contributed by atoms with Gasteiger partial charge in [-0.05, 0) is 62.7 Å². The summed E-state index contributed by atoms with van der Waals surface area (Å²) in [7, 11) is 1.15. The van der Waals surface area contributed by atoms with Crippen molar-refractivity contribution in [3.63, 3.8) is 0 Å². The molecule has 0 spiro atoms. The molecule has 0 heterocycles. The van der Waals surface area contributed by atoms with Crippen molar-refractivity contribution in [2.75, 3.05) is 7.11 Å². The number of carbonyl (C=O) groups is 1. The minimum Gasteiger partial charge on any atom is -0.465 e. The first-order chi connectivity index (χ1) is 13.5. The molecule has 1 atom stereocenters. The predicted molar refractivity (Wildman–Crippen MR) is 114 cm³/mol. The van der Waals surface area contributed by atoms with Gasteiger partial charge >= 0.3 is 5.97 Å². The summed E-state index contributed by atoms with van der Waals surface area (Å²) >= 11 is 0. The summed E-state index contributed by atoms with van der Waals surface area (Å²) in [5.74, 6) is -4.28. The number of hydrogen-bond donors (Lipinski definition) is 2. The summed E-state index contributed by atoms with van der Waals surface area (Å²) in [6.45, 7) is 4.16. The van der Waals surface area contributed by atoms with E-state index in [4.69, 9.17) is 0 Å². The molecule has 1 unspecified atom stereocenters. The third-order valence-corrected chi connectivity index (χ3v) is 5.29. The van der Waals surface area contributed by atoms with E-state index in [0.29, 0.717) is 6.42 Å². The van der Waals surface area contributed by atoms with E-state index in [0.717, 1.165) is 39.2 Å². The van der Waals surface area contributed by atoms with Crippen LogP contribution in [-0.4, -0.2) is 29.1 Å². The second-order valence-electron chi connectivity index (χ2n) is 7.59. The zero-order valence-electron chi connectivity index (χ0n) is 17.9. The van der Waals surface area contributed by atoms with Crippen LogP contribution in [0.5, 0.6) is 0 Å². The lowest BCUT2D eigenvalue weighted by atomic mass is 9.93. The molecule has 1 rings (SSSR count). The highest BCUT2D eigenvalue weighted by atomic mass is 16.6. The van der Waals surface area contributed by atoms with Crippen LogP contribution in [0.3, 0.4) is 0 Å². The van der Waals surface area contributed by atoms with Gasteiger partial charge in [-0.15, -0.1) is 5.73 Å². The second kappa shape index (κ2) is 13.5. The highest BCUT2D eigenvalue weighted by molar-refractivity contribution is 5.77. The highest BCUT2D eigenvalue weighted by Gasteiger charge is 2.41. The van der Waals surface area contributed by atoms with E-state index in [1.54, 1.807) is 6.08 Å². The Balaban J connectivity index is 2.68. The maximum Gasteiger partial charge on any atom is 0.366 e. The van der Waals surface area contributed by atoms with Gasteiger partial charge in [0, 0.05) is 5.92 Å². The number of rotatable bonds is 13. The standard InChI is InChI=1S/C24H38O4/c1-4-6-7-8-9-10-15-20-17-13-18-21(20)16-11-12-19-22(14-5-2)24(26,27)23(25)28-3/h10-11,15,19,22,26-27H,4-9,13-14,16-18H2,1-3H3/b15-10+. The number of carbonyl (C=O) groups excluding carboxylic acids is 1. The molecule has 4 heteroatoms. The van der Waals surface area contributed by atoms with Crippen LogP contribution in [0.2, 0.25) is 0 Å². The number of unbranched alkanes of at least 4 members (excludes halogenated alkanes) is 4. The molecule has 0 bridgehead atoms. The molecule has 0 aliphatic heterocycles. The molecule has 4 nitrogen and oxygen atoms in total. The predicted octanol–water partition coefficient (Wildman–Crippen LogP) is 5.37. The molecule has 0 radical (unpaired) electrons. The van der Waals surface area contributed by atoms with Crippen LogP contribution in [0, 0.1) is 5.92 Å². The number of methoxy groups -OCH3 is 1. The van der Waals surface area contributed by atoms with Gasteiger partial charge in [-0.3, -0.25) is 0 Å². The van der Waals surface area contributed by atoms with Gasteiger partial charge in [0.2, 0.25) is 0 Å². The molecule has 0 saturated heterocycles. The highest BCUT2D eigenvalue weighted by Crippen LogP contribution is 2.30. The van der Waals surface area contributed by atoms with E-state index in [1.807, 2.05) is 13.0 Å².